The summed E-state index contributed by atoms with van der Waals surface area (Å²) >= 11 is 6.05. The first-order valence-corrected chi connectivity index (χ1v) is 11.3. The SMILES string of the molecule is O=C(NCc1cn(-c2cccc(Cl)c2)nn1)N(C1CC1)[C@@H]1CCCN(c2nncc(O)n2)C1. The molecule has 1 saturated carbocycles. The first-order chi connectivity index (χ1) is 16.1. The Balaban J connectivity index is 1.23. The summed E-state index contributed by atoms with van der Waals surface area (Å²) in [5.74, 6) is 0.221. The van der Waals surface area contributed by atoms with Crippen LogP contribution in [-0.2, 0) is 6.54 Å². The van der Waals surface area contributed by atoms with E-state index in [1.807, 2.05) is 21.9 Å². The molecular formula is C21H24ClN9O2. The standard InChI is InChI=1S/C21H24ClN9O2/c22-14-3-1-4-17(9-14)30-12-15(26-28-30)10-23-21(33)31(16-6-7-16)18-5-2-8-29(13-18)20-25-19(32)11-24-27-20/h1,3-4,9,11-12,16,18H,2,5-8,10,13H2,(H,23,33)(H,25,27,32)/t18-/m1/s1. The van der Waals surface area contributed by atoms with E-state index >= 15 is 0 Å². The van der Waals surface area contributed by atoms with Gasteiger partial charge in [0.05, 0.1) is 24.5 Å². The third kappa shape index (κ3) is 4.98. The van der Waals surface area contributed by atoms with E-state index in [1.165, 1.54) is 6.20 Å². The average Bonchev–Trinajstić information content (AvgIpc) is 3.53. The quantitative estimate of drug-likeness (QED) is 0.562. The lowest BCUT2D eigenvalue weighted by atomic mass is 10.0. The summed E-state index contributed by atoms with van der Waals surface area (Å²) < 4.78 is 1.63. The van der Waals surface area contributed by atoms with Gasteiger partial charge in [0.2, 0.25) is 11.8 Å². The van der Waals surface area contributed by atoms with Gasteiger partial charge >= 0.3 is 6.03 Å². The molecule has 5 rings (SSSR count). The first kappa shape index (κ1) is 21.4. The summed E-state index contributed by atoms with van der Waals surface area (Å²) in [5.41, 5.74) is 1.46. The Morgan fingerprint density at radius 1 is 1.24 bits per heavy atom. The van der Waals surface area contributed by atoms with Crippen molar-refractivity contribution in [2.24, 2.45) is 0 Å². The molecule has 2 N–H and O–H groups in total. The second-order valence-corrected chi connectivity index (χ2v) is 8.72. The first-order valence-electron chi connectivity index (χ1n) is 10.9. The number of carbonyl (C=O) groups is 1. The number of aromatic hydroxyl groups is 1. The molecule has 2 aromatic heterocycles. The Labute approximate surface area is 195 Å². The minimum absolute atomic E-state index is 0.0272. The Hall–Kier alpha value is -3.47. The maximum atomic E-state index is 13.2. The molecule has 3 aromatic rings. The number of amides is 2. The van der Waals surface area contributed by atoms with E-state index in [0.717, 1.165) is 37.9 Å². The maximum absolute atomic E-state index is 13.2. The zero-order valence-electron chi connectivity index (χ0n) is 17.9. The van der Waals surface area contributed by atoms with Crippen LogP contribution in [0.3, 0.4) is 0 Å². The lowest BCUT2D eigenvalue weighted by Gasteiger charge is -2.39. The molecule has 1 saturated heterocycles. The molecule has 3 heterocycles. The van der Waals surface area contributed by atoms with Gasteiger partial charge in [0, 0.05) is 24.2 Å². The molecule has 12 heteroatoms. The Bertz CT molecular complexity index is 1140. The number of halogens is 1. The fourth-order valence-electron chi connectivity index (χ4n) is 4.15. The van der Waals surface area contributed by atoms with Crippen molar-refractivity contribution in [3.8, 4) is 11.6 Å². The highest BCUT2D eigenvalue weighted by molar-refractivity contribution is 6.30. The lowest BCUT2D eigenvalue weighted by Crippen LogP contribution is -2.54. The van der Waals surface area contributed by atoms with Gasteiger partial charge in [-0.25, -0.2) is 9.48 Å². The van der Waals surface area contributed by atoms with Crippen LogP contribution < -0.4 is 10.2 Å². The third-order valence-corrected chi connectivity index (χ3v) is 6.05. The van der Waals surface area contributed by atoms with Crippen molar-refractivity contribution in [1.29, 1.82) is 0 Å². The minimum Gasteiger partial charge on any atom is -0.492 e. The second kappa shape index (κ2) is 9.18. The highest BCUT2D eigenvalue weighted by Gasteiger charge is 2.39. The molecule has 0 spiro atoms. The van der Waals surface area contributed by atoms with Crippen molar-refractivity contribution in [3.63, 3.8) is 0 Å². The minimum atomic E-state index is -0.162. The molecule has 0 bridgehead atoms. The molecule has 1 aliphatic carbocycles. The van der Waals surface area contributed by atoms with Crippen LogP contribution in [0.5, 0.6) is 5.88 Å². The van der Waals surface area contributed by atoms with Gasteiger partial charge in [-0.15, -0.1) is 15.3 Å². The molecule has 1 atom stereocenters. The molecule has 2 amide bonds. The summed E-state index contributed by atoms with van der Waals surface area (Å²) in [6.45, 7) is 1.63. The van der Waals surface area contributed by atoms with E-state index in [9.17, 15) is 9.90 Å². The van der Waals surface area contributed by atoms with Gasteiger partial charge in [0.25, 0.3) is 0 Å². The topological polar surface area (TPSA) is 125 Å². The molecule has 1 aliphatic heterocycles. The Morgan fingerprint density at radius 2 is 2.12 bits per heavy atom. The number of nitrogens with one attached hydrogen (secondary N) is 1. The zero-order valence-corrected chi connectivity index (χ0v) is 18.6. The van der Waals surface area contributed by atoms with Gasteiger partial charge in [-0.05, 0) is 43.9 Å². The van der Waals surface area contributed by atoms with Gasteiger partial charge in [-0.3, -0.25) is 0 Å². The average molecular weight is 470 g/mol. The summed E-state index contributed by atoms with van der Waals surface area (Å²) in [7, 11) is 0. The molecule has 172 valence electrons. The van der Waals surface area contributed by atoms with Crippen LogP contribution in [0.4, 0.5) is 10.7 Å². The predicted octanol–water partition coefficient (Wildman–Crippen LogP) is 2.15. The molecular weight excluding hydrogens is 446 g/mol. The number of urea groups is 1. The van der Waals surface area contributed by atoms with Crippen LogP contribution in [0.2, 0.25) is 5.02 Å². The molecule has 2 fully saturated rings. The summed E-state index contributed by atoms with van der Waals surface area (Å²) in [6, 6.07) is 7.48. The van der Waals surface area contributed by atoms with E-state index < -0.39 is 0 Å². The van der Waals surface area contributed by atoms with Crippen molar-refractivity contribution in [3.05, 3.63) is 47.4 Å². The van der Waals surface area contributed by atoms with Crippen LogP contribution >= 0.6 is 11.6 Å². The number of hydrogen-bond donors (Lipinski definition) is 2. The number of benzene rings is 1. The molecule has 2 aliphatic rings. The largest absolute Gasteiger partial charge is 0.492 e. The number of hydrogen-bond acceptors (Lipinski definition) is 8. The highest BCUT2D eigenvalue weighted by atomic mass is 35.5. The van der Waals surface area contributed by atoms with Crippen molar-refractivity contribution >= 4 is 23.6 Å². The summed E-state index contributed by atoms with van der Waals surface area (Å²) in [5, 5.41) is 29.4. The number of nitrogens with zero attached hydrogens (tertiary/aromatic N) is 8. The Morgan fingerprint density at radius 3 is 2.91 bits per heavy atom. The van der Waals surface area contributed by atoms with E-state index in [4.69, 9.17) is 11.6 Å². The number of carbonyl (C=O) groups excluding carboxylic acids is 1. The second-order valence-electron chi connectivity index (χ2n) is 8.29. The van der Waals surface area contributed by atoms with Gasteiger partial charge in [0.1, 0.15) is 11.9 Å². The zero-order chi connectivity index (χ0) is 22.8. The predicted molar refractivity (Wildman–Crippen MR) is 120 cm³/mol. The summed E-state index contributed by atoms with van der Waals surface area (Å²) in [6.07, 6.45) is 6.78. The van der Waals surface area contributed by atoms with E-state index in [1.54, 1.807) is 23.0 Å². The molecule has 1 aromatic carbocycles. The van der Waals surface area contributed by atoms with Crippen LogP contribution in [-0.4, -0.2) is 71.4 Å². The highest BCUT2D eigenvalue weighted by Crippen LogP contribution is 2.32. The number of rotatable bonds is 6. The van der Waals surface area contributed by atoms with Crippen LogP contribution in [0.15, 0.2) is 36.7 Å². The van der Waals surface area contributed by atoms with Crippen molar-refractivity contribution in [2.75, 3.05) is 18.0 Å². The van der Waals surface area contributed by atoms with Gasteiger partial charge < -0.3 is 20.2 Å². The van der Waals surface area contributed by atoms with E-state index in [2.05, 4.69) is 30.8 Å². The fraction of sp³-hybridized carbons (Fsp3) is 0.429. The van der Waals surface area contributed by atoms with Crippen LogP contribution in [0.1, 0.15) is 31.4 Å². The summed E-state index contributed by atoms with van der Waals surface area (Å²) in [4.78, 5) is 21.1. The monoisotopic (exact) mass is 469 g/mol. The molecule has 0 radical (unpaired) electrons. The molecule has 33 heavy (non-hydrogen) atoms. The fourth-order valence-corrected chi connectivity index (χ4v) is 4.33. The van der Waals surface area contributed by atoms with Crippen LogP contribution in [0, 0.1) is 0 Å². The van der Waals surface area contributed by atoms with Gasteiger partial charge in [-0.1, -0.05) is 22.9 Å². The normalized spacial score (nSPS) is 18.2. The van der Waals surface area contributed by atoms with E-state index in [-0.39, 0.29) is 30.5 Å². The Kier molecular flexibility index (Phi) is 5.95. The number of piperidine rings is 1. The number of aromatic nitrogens is 6. The number of anilines is 1. The van der Waals surface area contributed by atoms with E-state index in [0.29, 0.717) is 23.2 Å². The van der Waals surface area contributed by atoms with Crippen LogP contribution in [0.25, 0.3) is 5.69 Å². The lowest BCUT2D eigenvalue weighted by molar-refractivity contribution is 0.160. The smallest absolute Gasteiger partial charge is 0.318 e. The molecule has 11 nitrogen and oxygen atoms in total. The van der Waals surface area contributed by atoms with Gasteiger partial charge in [0.15, 0.2) is 0 Å². The van der Waals surface area contributed by atoms with Crippen molar-refractivity contribution in [1.82, 2.24) is 40.4 Å². The maximum Gasteiger partial charge on any atom is 0.318 e. The third-order valence-electron chi connectivity index (χ3n) is 5.82. The van der Waals surface area contributed by atoms with Crippen molar-refractivity contribution in [2.45, 2.75) is 44.3 Å². The molecule has 0 unspecified atom stereocenters. The van der Waals surface area contributed by atoms with Crippen molar-refractivity contribution < 1.29 is 9.90 Å². The van der Waals surface area contributed by atoms with Gasteiger partial charge in [-0.2, -0.15) is 4.98 Å².